The molecule has 0 saturated carbocycles. The van der Waals surface area contributed by atoms with Gasteiger partial charge in [-0.05, 0) is 48.5 Å². The molecule has 0 bridgehead atoms. The summed E-state index contributed by atoms with van der Waals surface area (Å²) >= 11 is 0. The minimum Gasteiger partial charge on any atom is -0.497 e. The minimum atomic E-state index is -0.298. The number of furan rings is 1. The van der Waals surface area contributed by atoms with Crippen LogP contribution in [0, 0.1) is 0 Å². The molecule has 1 aromatic heterocycles. The fourth-order valence-electron chi connectivity index (χ4n) is 2.43. The van der Waals surface area contributed by atoms with Crippen LogP contribution in [0.4, 0.5) is 5.69 Å². The standard InChI is InChI=1S/C21H20N2O5/c1-26-18-5-2-4-16(12-18)23-20(24)14-28-17-9-7-15(8-10-17)21(25)22-13-19-6-3-11-27-19/h2-12H,13-14H2,1H3,(H,22,25)(H,23,24). The zero-order valence-electron chi connectivity index (χ0n) is 15.3. The predicted molar refractivity (Wildman–Crippen MR) is 103 cm³/mol. The van der Waals surface area contributed by atoms with Crippen molar-refractivity contribution in [2.45, 2.75) is 6.54 Å². The molecule has 0 radical (unpaired) electrons. The van der Waals surface area contributed by atoms with E-state index in [2.05, 4.69) is 10.6 Å². The summed E-state index contributed by atoms with van der Waals surface area (Å²) in [6.07, 6.45) is 1.55. The Morgan fingerprint density at radius 2 is 1.82 bits per heavy atom. The van der Waals surface area contributed by atoms with E-state index in [0.717, 1.165) is 0 Å². The lowest BCUT2D eigenvalue weighted by atomic mass is 10.2. The molecule has 144 valence electrons. The van der Waals surface area contributed by atoms with E-state index in [1.54, 1.807) is 74.0 Å². The zero-order valence-corrected chi connectivity index (χ0v) is 15.3. The molecule has 7 nitrogen and oxygen atoms in total. The molecule has 2 aromatic carbocycles. The first-order chi connectivity index (χ1) is 13.6. The number of anilines is 1. The molecule has 0 fully saturated rings. The molecule has 0 unspecified atom stereocenters. The van der Waals surface area contributed by atoms with E-state index >= 15 is 0 Å². The van der Waals surface area contributed by atoms with E-state index in [4.69, 9.17) is 13.9 Å². The van der Waals surface area contributed by atoms with Crippen molar-refractivity contribution in [3.05, 3.63) is 78.3 Å². The summed E-state index contributed by atoms with van der Waals surface area (Å²) in [5, 5.41) is 5.49. The molecular formula is C21H20N2O5. The molecule has 2 amide bonds. The summed E-state index contributed by atoms with van der Waals surface area (Å²) in [5.41, 5.74) is 1.11. The Morgan fingerprint density at radius 3 is 2.54 bits per heavy atom. The number of ether oxygens (including phenoxy) is 2. The Labute approximate surface area is 162 Å². The summed E-state index contributed by atoms with van der Waals surface area (Å²) in [6.45, 7) is 0.162. The van der Waals surface area contributed by atoms with E-state index in [1.165, 1.54) is 0 Å². The molecule has 3 rings (SSSR count). The number of carbonyl (C=O) groups is 2. The fourth-order valence-corrected chi connectivity index (χ4v) is 2.43. The highest BCUT2D eigenvalue weighted by Gasteiger charge is 2.08. The molecule has 3 aromatic rings. The lowest BCUT2D eigenvalue weighted by Crippen LogP contribution is -2.22. The smallest absolute Gasteiger partial charge is 0.262 e. The number of hydrogen-bond acceptors (Lipinski definition) is 5. The maximum Gasteiger partial charge on any atom is 0.262 e. The van der Waals surface area contributed by atoms with Crippen molar-refractivity contribution in [3.63, 3.8) is 0 Å². The van der Waals surface area contributed by atoms with Crippen molar-refractivity contribution in [3.8, 4) is 11.5 Å². The Hall–Kier alpha value is -3.74. The van der Waals surface area contributed by atoms with Crippen molar-refractivity contribution >= 4 is 17.5 Å². The lowest BCUT2D eigenvalue weighted by Gasteiger charge is -2.09. The summed E-state index contributed by atoms with van der Waals surface area (Å²) in [5.74, 6) is 1.30. The maximum absolute atomic E-state index is 12.1. The van der Waals surface area contributed by atoms with Crippen LogP contribution >= 0.6 is 0 Å². The summed E-state index contributed by atoms with van der Waals surface area (Å²) in [4.78, 5) is 24.1. The van der Waals surface area contributed by atoms with Crippen LogP contribution in [0.3, 0.4) is 0 Å². The van der Waals surface area contributed by atoms with Gasteiger partial charge in [0.25, 0.3) is 11.8 Å². The number of methoxy groups -OCH3 is 1. The average molecular weight is 380 g/mol. The molecule has 0 saturated heterocycles. The third-order valence-electron chi connectivity index (χ3n) is 3.84. The Bertz CT molecular complexity index is 920. The Morgan fingerprint density at radius 1 is 1.00 bits per heavy atom. The highest BCUT2D eigenvalue weighted by molar-refractivity contribution is 5.94. The van der Waals surface area contributed by atoms with Gasteiger partial charge in [0.2, 0.25) is 0 Å². The van der Waals surface area contributed by atoms with Crippen LogP contribution in [0.2, 0.25) is 0 Å². The molecule has 0 aliphatic rings. The third kappa shape index (κ3) is 5.38. The largest absolute Gasteiger partial charge is 0.497 e. The van der Waals surface area contributed by atoms with Crippen LogP contribution < -0.4 is 20.1 Å². The van der Waals surface area contributed by atoms with Gasteiger partial charge >= 0.3 is 0 Å². The van der Waals surface area contributed by atoms with Gasteiger partial charge in [0.15, 0.2) is 6.61 Å². The first kappa shape index (κ1) is 19.0. The number of rotatable bonds is 8. The van der Waals surface area contributed by atoms with Gasteiger partial charge in [0, 0.05) is 17.3 Å². The molecule has 0 spiro atoms. The van der Waals surface area contributed by atoms with Crippen molar-refractivity contribution in [1.29, 1.82) is 0 Å². The second kappa shape index (κ2) is 9.27. The number of carbonyl (C=O) groups excluding carboxylic acids is 2. The van der Waals surface area contributed by atoms with E-state index in [-0.39, 0.29) is 18.4 Å². The SMILES string of the molecule is COc1cccc(NC(=O)COc2ccc(C(=O)NCc3ccco3)cc2)c1. The lowest BCUT2D eigenvalue weighted by molar-refractivity contribution is -0.118. The first-order valence-electron chi connectivity index (χ1n) is 8.61. The molecule has 0 aliphatic heterocycles. The van der Waals surface area contributed by atoms with Crippen LogP contribution in [0.15, 0.2) is 71.3 Å². The van der Waals surface area contributed by atoms with Crippen LogP contribution in [-0.2, 0) is 11.3 Å². The van der Waals surface area contributed by atoms with Crippen molar-refractivity contribution in [2.75, 3.05) is 19.0 Å². The molecule has 1 heterocycles. The van der Waals surface area contributed by atoms with Gasteiger partial charge in [0.05, 0.1) is 19.9 Å². The normalized spacial score (nSPS) is 10.2. The van der Waals surface area contributed by atoms with Gasteiger partial charge in [-0.15, -0.1) is 0 Å². The number of hydrogen-bond donors (Lipinski definition) is 2. The summed E-state index contributed by atoms with van der Waals surface area (Å²) < 4.78 is 15.7. The molecule has 2 N–H and O–H groups in total. The minimum absolute atomic E-state index is 0.152. The van der Waals surface area contributed by atoms with Crippen LogP contribution in [0.1, 0.15) is 16.1 Å². The summed E-state index contributed by atoms with van der Waals surface area (Å²) in [6, 6.07) is 17.1. The fraction of sp³-hybridized carbons (Fsp3) is 0.143. The third-order valence-corrected chi connectivity index (χ3v) is 3.84. The molecule has 28 heavy (non-hydrogen) atoms. The molecule has 7 heteroatoms. The van der Waals surface area contributed by atoms with Crippen molar-refractivity contribution in [1.82, 2.24) is 5.32 Å². The monoisotopic (exact) mass is 380 g/mol. The van der Waals surface area contributed by atoms with Gasteiger partial charge in [-0.1, -0.05) is 6.07 Å². The number of nitrogens with one attached hydrogen (secondary N) is 2. The predicted octanol–water partition coefficient (Wildman–Crippen LogP) is 3.24. The highest BCUT2D eigenvalue weighted by atomic mass is 16.5. The molecular weight excluding hydrogens is 360 g/mol. The number of amides is 2. The summed E-state index contributed by atoms with van der Waals surface area (Å²) in [7, 11) is 1.56. The van der Waals surface area contributed by atoms with Gasteiger partial charge < -0.3 is 24.5 Å². The van der Waals surface area contributed by atoms with Gasteiger partial charge in [-0.3, -0.25) is 9.59 Å². The van der Waals surface area contributed by atoms with Gasteiger partial charge in [-0.2, -0.15) is 0 Å². The topological polar surface area (TPSA) is 89.8 Å². The maximum atomic E-state index is 12.1. The first-order valence-corrected chi connectivity index (χ1v) is 8.61. The van der Waals surface area contributed by atoms with Crippen LogP contribution in [0.5, 0.6) is 11.5 Å². The van der Waals surface area contributed by atoms with E-state index in [1.807, 2.05) is 0 Å². The Kier molecular flexibility index (Phi) is 6.30. The zero-order chi connectivity index (χ0) is 19.8. The highest BCUT2D eigenvalue weighted by Crippen LogP contribution is 2.17. The Balaban J connectivity index is 1.47. The number of benzene rings is 2. The molecule has 0 aliphatic carbocycles. The van der Waals surface area contributed by atoms with Crippen molar-refractivity contribution < 1.29 is 23.5 Å². The second-order valence-electron chi connectivity index (χ2n) is 5.86. The van der Waals surface area contributed by atoms with Gasteiger partial charge in [-0.25, -0.2) is 0 Å². The van der Waals surface area contributed by atoms with E-state index in [9.17, 15) is 9.59 Å². The van der Waals surface area contributed by atoms with Crippen LogP contribution in [0.25, 0.3) is 0 Å². The van der Waals surface area contributed by atoms with Crippen molar-refractivity contribution in [2.24, 2.45) is 0 Å². The average Bonchev–Trinajstić information content (AvgIpc) is 3.24. The molecule has 0 atom stereocenters. The second-order valence-corrected chi connectivity index (χ2v) is 5.86. The van der Waals surface area contributed by atoms with E-state index < -0.39 is 0 Å². The van der Waals surface area contributed by atoms with E-state index in [0.29, 0.717) is 35.1 Å². The quantitative estimate of drug-likeness (QED) is 0.626. The van der Waals surface area contributed by atoms with Gasteiger partial charge in [0.1, 0.15) is 17.3 Å². The van der Waals surface area contributed by atoms with Crippen LogP contribution in [-0.4, -0.2) is 25.5 Å².